The predicted octanol–water partition coefficient (Wildman–Crippen LogP) is 3.01. The summed E-state index contributed by atoms with van der Waals surface area (Å²) in [4.78, 5) is 0. The van der Waals surface area contributed by atoms with Gasteiger partial charge < -0.3 is 0 Å². The van der Waals surface area contributed by atoms with Crippen molar-refractivity contribution in [1.29, 1.82) is 0 Å². The fourth-order valence-electron chi connectivity index (χ4n) is 0.450. The molecule has 9 heavy (non-hydrogen) atoms. The first-order valence-electron chi connectivity index (χ1n) is 2.58. The van der Waals surface area contributed by atoms with Crippen molar-refractivity contribution in [2.45, 2.75) is 19.5 Å². The minimum atomic E-state index is -3.98. The average Bonchev–Trinajstić information content (AvgIpc) is 1.62. The number of hydrogen-bond acceptors (Lipinski definition) is 0. The molecule has 0 aliphatic rings. The summed E-state index contributed by atoms with van der Waals surface area (Å²) in [6.07, 6.45) is -4.64. The van der Waals surface area contributed by atoms with Crippen molar-refractivity contribution in [2.75, 3.05) is 4.43 Å². The predicted molar refractivity (Wildman–Crippen MR) is 38.7 cm³/mol. The molecule has 0 bridgehead atoms. The summed E-state index contributed by atoms with van der Waals surface area (Å²) >= 11 is 1.95. The molecule has 0 nitrogen and oxygen atoms in total. The van der Waals surface area contributed by atoms with E-state index in [0.29, 0.717) is 4.43 Å². The van der Waals surface area contributed by atoms with Crippen molar-refractivity contribution in [3.05, 3.63) is 0 Å². The van der Waals surface area contributed by atoms with Crippen LogP contribution in [0.3, 0.4) is 0 Å². The van der Waals surface area contributed by atoms with Gasteiger partial charge >= 0.3 is 6.18 Å². The van der Waals surface area contributed by atoms with Gasteiger partial charge in [0.05, 0.1) is 0 Å². The fourth-order valence-corrected chi connectivity index (χ4v) is 0.761. The zero-order chi connectivity index (χ0) is 7.49. The van der Waals surface area contributed by atoms with Crippen molar-refractivity contribution >= 4 is 22.6 Å². The smallest absolute Gasteiger partial charge is 0.171 e. The molecule has 0 amide bonds. The molecule has 0 spiro atoms. The molecule has 0 aromatic rings. The maximum Gasteiger partial charge on any atom is 0.389 e. The minimum absolute atomic E-state index is 0.245. The molecule has 1 atom stereocenters. The number of alkyl halides is 4. The van der Waals surface area contributed by atoms with Gasteiger partial charge in [0.2, 0.25) is 0 Å². The van der Waals surface area contributed by atoms with E-state index in [0.717, 1.165) is 0 Å². The van der Waals surface area contributed by atoms with E-state index in [-0.39, 0.29) is 5.92 Å². The highest BCUT2D eigenvalue weighted by molar-refractivity contribution is 14.1. The Morgan fingerprint density at radius 2 is 1.89 bits per heavy atom. The van der Waals surface area contributed by atoms with Crippen LogP contribution in [0.1, 0.15) is 13.3 Å². The molecule has 0 rings (SSSR count). The molecule has 0 saturated carbocycles. The first kappa shape index (κ1) is 9.52. The Labute approximate surface area is 66.0 Å². The lowest BCUT2D eigenvalue weighted by atomic mass is 10.1. The molecule has 0 aromatic heterocycles. The van der Waals surface area contributed by atoms with Gasteiger partial charge in [0.15, 0.2) is 0 Å². The van der Waals surface area contributed by atoms with E-state index in [2.05, 4.69) is 0 Å². The van der Waals surface area contributed by atoms with Crippen LogP contribution in [0.4, 0.5) is 13.2 Å². The van der Waals surface area contributed by atoms with Crippen molar-refractivity contribution in [3.63, 3.8) is 0 Å². The molecule has 0 aliphatic carbocycles. The highest BCUT2D eigenvalue weighted by Gasteiger charge is 2.29. The van der Waals surface area contributed by atoms with Gasteiger partial charge in [0.1, 0.15) is 0 Å². The third kappa shape index (κ3) is 6.40. The van der Waals surface area contributed by atoms with Crippen LogP contribution >= 0.6 is 22.6 Å². The highest BCUT2D eigenvalue weighted by Crippen LogP contribution is 2.25. The Morgan fingerprint density at radius 3 is 2.00 bits per heavy atom. The van der Waals surface area contributed by atoms with E-state index in [1.807, 2.05) is 22.6 Å². The monoisotopic (exact) mass is 252 g/mol. The molecular weight excluding hydrogens is 244 g/mol. The average molecular weight is 252 g/mol. The second-order valence-electron chi connectivity index (χ2n) is 2.08. The summed E-state index contributed by atoms with van der Waals surface area (Å²) < 4.78 is 35.0. The first-order chi connectivity index (χ1) is 3.95. The van der Waals surface area contributed by atoms with Crippen LogP contribution in [0.5, 0.6) is 0 Å². The van der Waals surface area contributed by atoms with Gasteiger partial charge in [-0.3, -0.25) is 0 Å². The maximum atomic E-state index is 11.5. The molecular formula is C5H8F3I. The molecule has 0 aromatic carbocycles. The minimum Gasteiger partial charge on any atom is -0.171 e. The van der Waals surface area contributed by atoms with Crippen LogP contribution in [0.25, 0.3) is 0 Å². The van der Waals surface area contributed by atoms with Crippen molar-refractivity contribution in [1.82, 2.24) is 0 Å². The van der Waals surface area contributed by atoms with Crippen LogP contribution in [0.2, 0.25) is 0 Å². The van der Waals surface area contributed by atoms with Gasteiger partial charge in [-0.25, -0.2) is 0 Å². The number of rotatable bonds is 2. The Bertz CT molecular complexity index is 78.8. The van der Waals surface area contributed by atoms with Gasteiger partial charge in [-0.15, -0.1) is 0 Å². The van der Waals surface area contributed by atoms with E-state index in [4.69, 9.17) is 0 Å². The number of halogens is 4. The molecule has 0 N–H and O–H groups in total. The maximum absolute atomic E-state index is 11.5. The Balaban J connectivity index is 3.47. The molecule has 0 radical (unpaired) electrons. The lowest BCUT2D eigenvalue weighted by Crippen LogP contribution is -2.13. The van der Waals surface area contributed by atoms with E-state index < -0.39 is 12.6 Å². The molecule has 56 valence electrons. The van der Waals surface area contributed by atoms with E-state index in [1.165, 1.54) is 0 Å². The zero-order valence-corrected chi connectivity index (χ0v) is 7.16. The molecule has 0 saturated heterocycles. The van der Waals surface area contributed by atoms with Crippen molar-refractivity contribution < 1.29 is 13.2 Å². The largest absolute Gasteiger partial charge is 0.389 e. The second kappa shape index (κ2) is 3.63. The van der Waals surface area contributed by atoms with Crippen molar-refractivity contribution in [2.24, 2.45) is 5.92 Å². The molecule has 0 aliphatic heterocycles. The molecule has 0 heterocycles. The van der Waals surface area contributed by atoms with Crippen LogP contribution < -0.4 is 0 Å². The number of hydrogen-bond donors (Lipinski definition) is 0. The third-order valence-corrected chi connectivity index (χ3v) is 2.35. The lowest BCUT2D eigenvalue weighted by Gasteiger charge is -2.09. The highest BCUT2D eigenvalue weighted by atomic mass is 127. The van der Waals surface area contributed by atoms with Crippen LogP contribution in [0, 0.1) is 5.92 Å². The van der Waals surface area contributed by atoms with Gasteiger partial charge in [-0.05, 0) is 5.92 Å². The van der Waals surface area contributed by atoms with Crippen LogP contribution in [0.15, 0.2) is 0 Å². The summed E-state index contributed by atoms with van der Waals surface area (Å²) in [7, 11) is 0. The van der Waals surface area contributed by atoms with Gasteiger partial charge in [0.25, 0.3) is 0 Å². The molecule has 0 fully saturated rings. The fraction of sp³-hybridized carbons (Fsp3) is 1.00. The SMILES string of the molecule is CC(CI)CC(F)(F)F. The summed E-state index contributed by atoms with van der Waals surface area (Å²) in [5, 5.41) is 0. The molecule has 4 heteroatoms. The standard InChI is InChI=1S/C5H8F3I/c1-4(3-9)2-5(6,7)8/h4H,2-3H2,1H3. The van der Waals surface area contributed by atoms with Gasteiger partial charge in [0, 0.05) is 10.8 Å². The Hall–Kier alpha value is 0.520. The lowest BCUT2D eigenvalue weighted by molar-refractivity contribution is -0.141. The first-order valence-corrected chi connectivity index (χ1v) is 4.11. The normalized spacial score (nSPS) is 15.7. The zero-order valence-electron chi connectivity index (χ0n) is 5.00. The summed E-state index contributed by atoms with van der Waals surface area (Å²) in [6, 6.07) is 0. The topological polar surface area (TPSA) is 0 Å². The summed E-state index contributed by atoms with van der Waals surface area (Å²) in [6.45, 7) is 1.60. The Morgan fingerprint density at radius 1 is 1.44 bits per heavy atom. The third-order valence-electron chi connectivity index (χ3n) is 0.843. The van der Waals surface area contributed by atoms with Crippen LogP contribution in [-0.2, 0) is 0 Å². The van der Waals surface area contributed by atoms with Crippen molar-refractivity contribution in [3.8, 4) is 0 Å². The summed E-state index contributed by atoms with van der Waals surface area (Å²) in [5.41, 5.74) is 0. The van der Waals surface area contributed by atoms with Crippen LogP contribution in [-0.4, -0.2) is 10.6 Å². The van der Waals surface area contributed by atoms with E-state index >= 15 is 0 Å². The van der Waals surface area contributed by atoms with E-state index in [9.17, 15) is 13.2 Å². The van der Waals surface area contributed by atoms with E-state index in [1.54, 1.807) is 6.92 Å². The Kier molecular flexibility index (Phi) is 3.84. The second-order valence-corrected chi connectivity index (χ2v) is 2.96. The quantitative estimate of drug-likeness (QED) is 0.523. The summed E-state index contributed by atoms with van der Waals surface area (Å²) in [5.74, 6) is -0.245. The molecule has 1 unspecified atom stereocenters. The van der Waals surface area contributed by atoms with Gasteiger partial charge in [-0.2, -0.15) is 13.2 Å². The van der Waals surface area contributed by atoms with Gasteiger partial charge in [-0.1, -0.05) is 29.5 Å².